The van der Waals surface area contributed by atoms with Crippen molar-refractivity contribution in [1.29, 1.82) is 5.41 Å². The minimum atomic E-state index is -0.449. The predicted octanol–water partition coefficient (Wildman–Crippen LogP) is 4.65. The zero-order valence-electron chi connectivity index (χ0n) is 14.3. The highest BCUT2D eigenvalue weighted by atomic mass is 35.5. The summed E-state index contributed by atoms with van der Waals surface area (Å²) in [6.45, 7) is 3.87. The van der Waals surface area contributed by atoms with Crippen molar-refractivity contribution < 1.29 is 4.79 Å². The number of rotatable bonds is 2. The van der Waals surface area contributed by atoms with Gasteiger partial charge >= 0.3 is 0 Å². The molecule has 0 atom stereocenters. The molecule has 0 unspecified atom stereocenters. The lowest BCUT2D eigenvalue weighted by atomic mass is 10.1. The molecule has 136 valence electrons. The highest BCUT2D eigenvalue weighted by molar-refractivity contribution is 8.25. The van der Waals surface area contributed by atoms with E-state index in [-0.39, 0.29) is 11.4 Å². The van der Waals surface area contributed by atoms with Crippen LogP contribution in [0.4, 0.5) is 0 Å². The van der Waals surface area contributed by atoms with Crippen molar-refractivity contribution in [2.24, 2.45) is 10.1 Å². The largest absolute Gasteiger partial charge is 0.316 e. The number of nitrogens with one attached hydrogen (secondary N) is 1. The monoisotopic (exact) mass is 417 g/mol. The Balaban J connectivity index is 1.82. The lowest BCUT2D eigenvalue weighted by Crippen LogP contribution is -2.35. The van der Waals surface area contributed by atoms with E-state index in [0.717, 1.165) is 22.6 Å². The summed E-state index contributed by atoms with van der Waals surface area (Å²) in [6, 6.07) is 7.20. The lowest BCUT2D eigenvalue weighted by Gasteiger charge is -2.20. The van der Waals surface area contributed by atoms with Gasteiger partial charge in [0.2, 0.25) is 0 Å². The molecule has 0 aliphatic carbocycles. The number of amides is 1. The third-order valence-corrected chi connectivity index (χ3v) is 5.55. The Morgan fingerprint density at radius 2 is 2.00 bits per heavy atom. The van der Waals surface area contributed by atoms with Crippen LogP contribution in [0.2, 0.25) is 10.0 Å². The Hall–Kier alpha value is -2.35. The summed E-state index contributed by atoms with van der Waals surface area (Å²) in [6.07, 6.45) is 1.67. The first-order chi connectivity index (χ1) is 12.9. The van der Waals surface area contributed by atoms with E-state index < -0.39 is 5.91 Å². The number of fused-ring (bicyclic) bond motifs is 1. The van der Waals surface area contributed by atoms with Crippen LogP contribution in [-0.4, -0.2) is 32.0 Å². The van der Waals surface area contributed by atoms with E-state index in [1.165, 1.54) is 16.8 Å². The van der Waals surface area contributed by atoms with E-state index in [2.05, 4.69) is 10.1 Å². The topological polar surface area (TPSA) is 73.8 Å². The molecule has 1 N–H and O–H groups in total. The second-order valence-electron chi connectivity index (χ2n) is 6.01. The van der Waals surface area contributed by atoms with Gasteiger partial charge in [0, 0.05) is 16.4 Å². The molecule has 0 radical (unpaired) electrons. The first-order valence-corrected chi connectivity index (χ1v) is 9.57. The highest BCUT2D eigenvalue weighted by Crippen LogP contribution is 2.31. The number of benzene rings is 1. The van der Waals surface area contributed by atoms with Crippen molar-refractivity contribution in [2.45, 2.75) is 13.8 Å². The molecule has 0 bridgehead atoms. The fraction of sp³-hybridized carbons (Fsp3) is 0.111. The van der Waals surface area contributed by atoms with E-state index in [4.69, 9.17) is 28.6 Å². The Morgan fingerprint density at radius 1 is 1.22 bits per heavy atom. The van der Waals surface area contributed by atoms with Gasteiger partial charge in [-0.1, -0.05) is 23.2 Å². The molecule has 4 rings (SSSR count). The number of hydrazone groups is 1. The minimum absolute atomic E-state index is 0.0110. The van der Waals surface area contributed by atoms with Crippen molar-refractivity contribution in [1.82, 2.24) is 9.58 Å². The van der Waals surface area contributed by atoms with Crippen molar-refractivity contribution in [3.05, 3.63) is 56.8 Å². The van der Waals surface area contributed by atoms with Crippen molar-refractivity contribution in [3.63, 3.8) is 0 Å². The van der Waals surface area contributed by atoms with Crippen molar-refractivity contribution in [2.75, 3.05) is 0 Å². The smallest absolute Gasteiger partial charge is 0.283 e. The van der Waals surface area contributed by atoms with Crippen LogP contribution in [-0.2, 0) is 4.79 Å². The van der Waals surface area contributed by atoms with Crippen LogP contribution >= 0.6 is 35.0 Å². The standard InChI is InChI=1S/C18H13Cl2N5OS/c1-9-5-11(10(2)24(9)15-7-12(19)3-4-14(15)20)6-13-16(21)25-18(23-17(13)26)27-8-22-25/h3-8,21H,1-2H3. The lowest BCUT2D eigenvalue weighted by molar-refractivity contribution is -0.114. The maximum atomic E-state index is 12.4. The van der Waals surface area contributed by atoms with Gasteiger partial charge in [-0.25, -0.2) is 0 Å². The first kappa shape index (κ1) is 18.0. The van der Waals surface area contributed by atoms with Crippen molar-refractivity contribution in [3.8, 4) is 5.69 Å². The number of carbonyl (C=O) groups is 1. The number of thioether (sulfide) groups is 1. The molecular formula is C18H13Cl2N5OS. The maximum absolute atomic E-state index is 12.4. The Bertz CT molecular complexity index is 1100. The Morgan fingerprint density at radius 3 is 2.78 bits per heavy atom. The highest BCUT2D eigenvalue weighted by Gasteiger charge is 2.32. The van der Waals surface area contributed by atoms with Gasteiger partial charge in [0.15, 0.2) is 11.0 Å². The predicted molar refractivity (Wildman–Crippen MR) is 111 cm³/mol. The maximum Gasteiger partial charge on any atom is 0.283 e. The van der Waals surface area contributed by atoms with Crippen LogP contribution in [0, 0.1) is 19.3 Å². The number of hydrogen-bond donors (Lipinski definition) is 1. The second kappa shape index (κ2) is 6.67. The Labute approximate surface area is 169 Å². The minimum Gasteiger partial charge on any atom is -0.316 e. The molecule has 1 amide bonds. The van der Waals surface area contributed by atoms with Crippen LogP contribution < -0.4 is 0 Å². The summed E-state index contributed by atoms with van der Waals surface area (Å²) >= 11 is 13.7. The molecule has 9 heteroatoms. The SMILES string of the molecule is Cc1cc(C=C2C(=N)N3N=CSC3=NC2=O)c(C)n1-c1cc(Cl)ccc1Cl. The van der Waals surface area contributed by atoms with E-state index in [9.17, 15) is 4.79 Å². The van der Waals surface area contributed by atoms with Gasteiger partial charge in [-0.05, 0) is 61.5 Å². The summed E-state index contributed by atoms with van der Waals surface area (Å²) in [7, 11) is 0. The number of halogens is 2. The number of carbonyl (C=O) groups excluding carboxylic acids is 1. The quantitative estimate of drug-likeness (QED) is 0.722. The number of amidine groups is 2. The van der Waals surface area contributed by atoms with E-state index >= 15 is 0 Å². The Kier molecular flexibility index (Phi) is 4.46. The normalized spacial score (nSPS) is 17.7. The fourth-order valence-corrected chi connectivity index (χ4v) is 4.03. The average Bonchev–Trinajstić information content (AvgIpc) is 3.19. The molecule has 0 spiro atoms. The number of aromatic nitrogens is 1. The van der Waals surface area contributed by atoms with Gasteiger partial charge in [-0.3, -0.25) is 10.2 Å². The molecule has 27 heavy (non-hydrogen) atoms. The fourth-order valence-electron chi connectivity index (χ4n) is 3.05. The molecule has 1 aromatic heterocycles. The van der Waals surface area contributed by atoms with Gasteiger partial charge in [0.1, 0.15) is 0 Å². The molecular weight excluding hydrogens is 405 g/mol. The first-order valence-electron chi connectivity index (χ1n) is 7.94. The van der Waals surface area contributed by atoms with Gasteiger partial charge in [-0.15, -0.1) is 0 Å². The van der Waals surface area contributed by atoms with Crippen molar-refractivity contribution >= 4 is 63.5 Å². The summed E-state index contributed by atoms with van der Waals surface area (Å²) < 4.78 is 1.97. The third kappa shape index (κ3) is 3.01. The average molecular weight is 418 g/mol. The number of hydrogen-bond acceptors (Lipinski definition) is 4. The van der Waals surface area contributed by atoms with Crippen LogP contribution in [0.1, 0.15) is 17.0 Å². The summed E-state index contributed by atoms with van der Waals surface area (Å²) in [5.74, 6) is -0.438. The molecule has 2 aliphatic heterocycles. The van der Waals surface area contributed by atoms with Gasteiger partial charge in [-0.2, -0.15) is 15.1 Å². The molecule has 3 heterocycles. The third-order valence-electron chi connectivity index (χ3n) is 4.32. The zero-order valence-corrected chi connectivity index (χ0v) is 16.7. The summed E-state index contributed by atoms with van der Waals surface area (Å²) in [5, 5.41) is 15.3. The van der Waals surface area contributed by atoms with Gasteiger partial charge in [0.05, 0.1) is 21.8 Å². The molecule has 0 saturated carbocycles. The van der Waals surface area contributed by atoms with Gasteiger partial charge in [0.25, 0.3) is 5.91 Å². The van der Waals surface area contributed by atoms with Crippen LogP contribution in [0.5, 0.6) is 0 Å². The molecule has 0 saturated heterocycles. The van der Waals surface area contributed by atoms with Gasteiger partial charge < -0.3 is 4.57 Å². The number of aliphatic imine (C=N–C) groups is 1. The molecule has 6 nitrogen and oxygen atoms in total. The number of nitrogens with zero attached hydrogens (tertiary/aromatic N) is 4. The van der Waals surface area contributed by atoms with E-state index in [1.54, 1.807) is 29.8 Å². The molecule has 0 fully saturated rings. The second-order valence-corrected chi connectivity index (χ2v) is 7.67. The van der Waals surface area contributed by atoms with Crippen LogP contribution in [0.3, 0.4) is 0 Å². The summed E-state index contributed by atoms with van der Waals surface area (Å²) in [5.41, 5.74) is 5.10. The number of aryl methyl sites for hydroxylation is 1. The van der Waals surface area contributed by atoms with Crippen LogP contribution in [0.15, 0.2) is 39.9 Å². The molecule has 1 aromatic carbocycles. The molecule has 2 aromatic rings. The van der Waals surface area contributed by atoms with E-state index in [0.29, 0.717) is 15.2 Å². The van der Waals surface area contributed by atoms with Crippen LogP contribution in [0.25, 0.3) is 11.8 Å². The van der Waals surface area contributed by atoms with E-state index in [1.807, 2.05) is 24.5 Å². The zero-order chi connectivity index (χ0) is 19.3. The molecule has 2 aliphatic rings. The summed E-state index contributed by atoms with van der Waals surface area (Å²) in [4.78, 5) is 16.4.